The highest BCUT2D eigenvalue weighted by Gasteiger charge is 2.22. The molecule has 8 nitrogen and oxygen atoms in total. The van der Waals surface area contributed by atoms with E-state index in [0.717, 1.165) is 47.0 Å². The van der Waals surface area contributed by atoms with Gasteiger partial charge in [-0.05, 0) is 30.3 Å². The van der Waals surface area contributed by atoms with Gasteiger partial charge < -0.3 is 9.64 Å². The summed E-state index contributed by atoms with van der Waals surface area (Å²) in [6.45, 7) is 3.48. The maximum absolute atomic E-state index is 12.8. The minimum atomic E-state index is -0.235. The Morgan fingerprint density at radius 2 is 1.82 bits per heavy atom. The Morgan fingerprint density at radius 1 is 1.06 bits per heavy atom. The van der Waals surface area contributed by atoms with Gasteiger partial charge in [-0.2, -0.15) is 5.10 Å². The van der Waals surface area contributed by atoms with Crippen molar-refractivity contribution in [3.63, 3.8) is 0 Å². The number of thiazole rings is 1. The number of benzene rings is 2. The summed E-state index contributed by atoms with van der Waals surface area (Å²) in [6.07, 6.45) is 1.63. The summed E-state index contributed by atoms with van der Waals surface area (Å²) < 4.78 is 6.48. The van der Waals surface area contributed by atoms with Crippen molar-refractivity contribution >= 4 is 28.0 Å². The van der Waals surface area contributed by atoms with Crippen LogP contribution in [0.2, 0.25) is 0 Å². The first-order valence-electron chi connectivity index (χ1n) is 11.1. The number of hydrogen-bond donors (Lipinski definition) is 0. The van der Waals surface area contributed by atoms with Crippen molar-refractivity contribution in [2.75, 3.05) is 33.3 Å². The van der Waals surface area contributed by atoms with Crippen LogP contribution in [-0.2, 0) is 17.9 Å². The van der Waals surface area contributed by atoms with Crippen LogP contribution in [0, 0.1) is 0 Å². The first kappa shape index (κ1) is 22.2. The number of hydrogen-bond acceptors (Lipinski definition) is 7. The van der Waals surface area contributed by atoms with Crippen LogP contribution in [0.15, 0.2) is 64.9 Å². The lowest BCUT2D eigenvalue weighted by Gasteiger charge is -2.34. The van der Waals surface area contributed by atoms with Crippen LogP contribution in [0.4, 0.5) is 0 Å². The van der Waals surface area contributed by atoms with Crippen LogP contribution < -0.4 is 10.3 Å². The van der Waals surface area contributed by atoms with E-state index in [0.29, 0.717) is 18.5 Å². The number of amides is 1. The Morgan fingerprint density at radius 3 is 2.59 bits per heavy atom. The van der Waals surface area contributed by atoms with Crippen LogP contribution in [0.5, 0.6) is 5.75 Å². The summed E-state index contributed by atoms with van der Waals surface area (Å²) >= 11 is 1.63. The molecule has 0 spiro atoms. The first-order valence-corrected chi connectivity index (χ1v) is 12.0. The molecule has 0 N–H and O–H groups in total. The fourth-order valence-electron chi connectivity index (χ4n) is 4.10. The predicted molar refractivity (Wildman–Crippen MR) is 132 cm³/mol. The van der Waals surface area contributed by atoms with Crippen LogP contribution >= 0.6 is 11.3 Å². The lowest BCUT2D eigenvalue weighted by Crippen LogP contribution is -2.49. The van der Waals surface area contributed by atoms with Crippen molar-refractivity contribution in [1.29, 1.82) is 0 Å². The standard InChI is InChI=1S/C25H25N5O3S/c1-33-21-8-6-18(7-9-21)24-27-20(17-34-24)15-28-10-12-29(13-11-28)23(31)16-30-25(32)22-5-3-2-4-19(22)14-26-30/h2-9,14,17H,10-13,15-16H2,1H3. The van der Waals surface area contributed by atoms with Crippen LogP contribution in [0.25, 0.3) is 21.3 Å². The van der Waals surface area contributed by atoms with E-state index in [9.17, 15) is 9.59 Å². The zero-order valence-electron chi connectivity index (χ0n) is 18.9. The van der Waals surface area contributed by atoms with Gasteiger partial charge in [0.05, 0.1) is 24.4 Å². The van der Waals surface area contributed by atoms with Gasteiger partial charge in [0.25, 0.3) is 5.56 Å². The molecule has 1 saturated heterocycles. The molecule has 0 unspecified atom stereocenters. The number of fused-ring (bicyclic) bond motifs is 1. The minimum absolute atomic E-state index is 0.0407. The summed E-state index contributed by atoms with van der Waals surface area (Å²) in [4.78, 5) is 34.4. The molecule has 1 fully saturated rings. The average molecular weight is 476 g/mol. The number of piperazine rings is 1. The molecule has 0 radical (unpaired) electrons. The Labute approximate surface area is 201 Å². The van der Waals surface area contributed by atoms with Crippen molar-refractivity contribution in [3.8, 4) is 16.3 Å². The molecule has 174 valence electrons. The van der Waals surface area contributed by atoms with Crippen LogP contribution in [0.1, 0.15) is 5.69 Å². The van der Waals surface area contributed by atoms with Crippen molar-refractivity contribution in [3.05, 3.63) is 76.2 Å². The number of nitrogens with zero attached hydrogens (tertiary/aromatic N) is 5. The quantitative estimate of drug-likeness (QED) is 0.427. The average Bonchev–Trinajstić information content (AvgIpc) is 3.35. The molecule has 4 aromatic rings. The SMILES string of the molecule is COc1ccc(-c2nc(CN3CCN(C(=O)Cn4ncc5ccccc5c4=O)CC3)cs2)cc1. The number of carbonyl (C=O) groups excluding carboxylic acids is 1. The van der Waals surface area contributed by atoms with Crippen molar-refractivity contribution in [2.45, 2.75) is 13.1 Å². The van der Waals surface area contributed by atoms with E-state index >= 15 is 0 Å². The number of rotatable bonds is 6. The molecule has 0 aliphatic carbocycles. The third-order valence-corrected chi connectivity index (χ3v) is 6.99. The highest BCUT2D eigenvalue weighted by molar-refractivity contribution is 7.13. The molecule has 0 bridgehead atoms. The third-order valence-electron chi connectivity index (χ3n) is 6.05. The van der Waals surface area contributed by atoms with Gasteiger partial charge in [0.2, 0.25) is 5.91 Å². The molecule has 2 aromatic heterocycles. The number of ether oxygens (including phenoxy) is 1. The molecule has 1 amide bonds. The molecular weight excluding hydrogens is 450 g/mol. The summed E-state index contributed by atoms with van der Waals surface area (Å²) in [5, 5.41) is 8.62. The van der Waals surface area contributed by atoms with E-state index in [1.54, 1.807) is 30.7 Å². The molecule has 5 rings (SSSR count). The second-order valence-corrected chi connectivity index (χ2v) is 9.08. The first-order chi connectivity index (χ1) is 16.6. The zero-order chi connectivity index (χ0) is 23.5. The van der Waals surface area contributed by atoms with E-state index in [-0.39, 0.29) is 18.0 Å². The fraction of sp³-hybridized carbons (Fsp3) is 0.280. The van der Waals surface area contributed by atoms with Gasteiger partial charge in [-0.3, -0.25) is 14.5 Å². The summed E-state index contributed by atoms with van der Waals surface area (Å²) in [7, 11) is 1.66. The van der Waals surface area contributed by atoms with E-state index in [1.165, 1.54) is 4.68 Å². The zero-order valence-corrected chi connectivity index (χ0v) is 19.7. The summed E-state index contributed by atoms with van der Waals surface area (Å²) in [6, 6.07) is 15.2. The molecule has 1 aliphatic rings. The smallest absolute Gasteiger partial charge is 0.275 e. The Bertz CT molecular complexity index is 1360. The van der Waals surface area contributed by atoms with Crippen LogP contribution in [0.3, 0.4) is 0 Å². The van der Waals surface area contributed by atoms with Crippen LogP contribution in [-0.4, -0.2) is 63.8 Å². The van der Waals surface area contributed by atoms with Gasteiger partial charge in [0.1, 0.15) is 17.3 Å². The van der Waals surface area contributed by atoms with Crippen molar-refractivity contribution in [1.82, 2.24) is 24.6 Å². The van der Waals surface area contributed by atoms with E-state index < -0.39 is 0 Å². The molecule has 3 heterocycles. The molecule has 9 heteroatoms. The lowest BCUT2D eigenvalue weighted by molar-refractivity contribution is -0.133. The third kappa shape index (κ3) is 4.71. The van der Waals surface area contributed by atoms with Gasteiger partial charge in [0, 0.05) is 49.1 Å². The molecule has 0 atom stereocenters. The topological polar surface area (TPSA) is 80.6 Å². The van der Waals surface area contributed by atoms with Crippen molar-refractivity contribution < 1.29 is 9.53 Å². The monoisotopic (exact) mass is 475 g/mol. The molecule has 34 heavy (non-hydrogen) atoms. The maximum Gasteiger partial charge on any atom is 0.275 e. The Kier molecular flexibility index (Phi) is 6.37. The Balaban J connectivity index is 1.16. The highest BCUT2D eigenvalue weighted by Crippen LogP contribution is 2.26. The van der Waals surface area contributed by atoms with Gasteiger partial charge in [0.15, 0.2) is 0 Å². The minimum Gasteiger partial charge on any atom is -0.497 e. The number of aromatic nitrogens is 3. The normalized spacial score (nSPS) is 14.4. The number of carbonyl (C=O) groups is 1. The largest absolute Gasteiger partial charge is 0.497 e. The molecule has 2 aromatic carbocycles. The summed E-state index contributed by atoms with van der Waals surface area (Å²) in [5.41, 5.74) is 1.87. The molecule has 1 aliphatic heterocycles. The van der Waals surface area contributed by atoms with E-state index in [2.05, 4.69) is 15.4 Å². The lowest BCUT2D eigenvalue weighted by atomic mass is 10.2. The Hall–Kier alpha value is -3.56. The van der Waals surface area contributed by atoms with E-state index in [4.69, 9.17) is 9.72 Å². The van der Waals surface area contributed by atoms with Gasteiger partial charge >= 0.3 is 0 Å². The van der Waals surface area contributed by atoms with Crippen molar-refractivity contribution in [2.24, 2.45) is 0 Å². The van der Waals surface area contributed by atoms with Gasteiger partial charge in [-0.1, -0.05) is 18.2 Å². The summed E-state index contributed by atoms with van der Waals surface area (Å²) in [5.74, 6) is 0.745. The fourth-order valence-corrected chi connectivity index (χ4v) is 4.92. The van der Waals surface area contributed by atoms with Gasteiger partial charge in [-0.15, -0.1) is 11.3 Å². The second kappa shape index (κ2) is 9.74. The highest BCUT2D eigenvalue weighted by atomic mass is 32.1. The van der Waals surface area contributed by atoms with E-state index in [1.807, 2.05) is 47.4 Å². The molecular formula is C25H25N5O3S. The number of methoxy groups -OCH3 is 1. The van der Waals surface area contributed by atoms with Gasteiger partial charge in [-0.25, -0.2) is 9.67 Å². The molecule has 0 saturated carbocycles. The maximum atomic E-state index is 12.8. The second-order valence-electron chi connectivity index (χ2n) is 8.22. The predicted octanol–water partition coefficient (Wildman–Crippen LogP) is 2.87.